The fourth-order valence-corrected chi connectivity index (χ4v) is 1.40. The van der Waals surface area contributed by atoms with Crippen LogP contribution in [0.15, 0.2) is 24.3 Å². The first-order chi connectivity index (χ1) is 8.75. The lowest BCUT2D eigenvalue weighted by atomic mass is 9.97. The highest BCUT2D eigenvalue weighted by Gasteiger charge is 2.27. The molecule has 0 N–H and O–H groups in total. The zero-order valence-electron chi connectivity index (χ0n) is 12.0. The van der Waals surface area contributed by atoms with Gasteiger partial charge in [0.1, 0.15) is 5.75 Å². The minimum absolute atomic E-state index is 0.239. The number of esters is 1. The Labute approximate surface area is 113 Å². The van der Waals surface area contributed by atoms with E-state index in [0.717, 1.165) is 0 Å². The zero-order valence-corrected chi connectivity index (χ0v) is 12.0. The van der Waals surface area contributed by atoms with Gasteiger partial charge in [-0.1, -0.05) is 12.1 Å². The number of methoxy groups -OCH3 is 1. The van der Waals surface area contributed by atoms with Crippen molar-refractivity contribution in [2.45, 2.75) is 33.8 Å². The van der Waals surface area contributed by atoms with Crippen LogP contribution in [0.5, 0.6) is 5.75 Å². The molecule has 1 aromatic rings. The number of hydrogen-bond donors (Lipinski definition) is 0. The molecule has 1 atom stereocenters. The molecule has 19 heavy (non-hydrogen) atoms. The zero-order chi connectivity index (χ0) is 14.6. The van der Waals surface area contributed by atoms with E-state index in [9.17, 15) is 9.59 Å². The number of hydrogen-bond acceptors (Lipinski definition) is 4. The van der Waals surface area contributed by atoms with Crippen LogP contribution in [0.2, 0.25) is 0 Å². The molecule has 0 heterocycles. The van der Waals surface area contributed by atoms with Crippen LogP contribution in [0.3, 0.4) is 0 Å². The van der Waals surface area contributed by atoms with E-state index in [1.807, 2.05) is 0 Å². The molecule has 0 aliphatic rings. The summed E-state index contributed by atoms with van der Waals surface area (Å²) in [5.41, 5.74) is -0.156. The van der Waals surface area contributed by atoms with Gasteiger partial charge in [0.2, 0.25) is 5.78 Å². The number of rotatable bonds is 4. The quantitative estimate of drug-likeness (QED) is 0.620. The normalized spacial score (nSPS) is 12.7. The fraction of sp³-hybridized carbons (Fsp3) is 0.467. The van der Waals surface area contributed by atoms with Crippen LogP contribution in [0, 0.1) is 5.41 Å². The number of carbonyl (C=O) groups excluding carboxylic acids is 2. The number of ether oxygens (including phenoxy) is 2. The summed E-state index contributed by atoms with van der Waals surface area (Å²) < 4.78 is 10.2. The van der Waals surface area contributed by atoms with E-state index >= 15 is 0 Å². The molecule has 0 aliphatic carbocycles. The number of carbonyl (C=O) groups is 2. The van der Waals surface area contributed by atoms with Crippen molar-refractivity contribution in [3.63, 3.8) is 0 Å². The predicted octanol–water partition coefficient (Wildman–Crippen LogP) is 2.86. The van der Waals surface area contributed by atoms with Gasteiger partial charge >= 0.3 is 5.97 Å². The lowest BCUT2D eigenvalue weighted by molar-refractivity contribution is -0.155. The third-order valence-electron chi connectivity index (χ3n) is 2.62. The monoisotopic (exact) mass is 264 g/mol. The van der Waals surface area contributed by atoms with Crippen molar-refractivity contribution >= 4 is 11.8 Å². The molecule has 104 valence electrons. The maximum atomic E-state index is 12.1. The Morgan fingerprint density at radius 3 is 2.37 bits per heavy atom. The second-order valence-corrected chi connectivity index (χ2v) is 5.39. The van der Waals surface area contributed by atoms with E-state index in [-0.39, 0.29) is 5.78 Å². The molecule has 0 saturated carbocycles. The van der Waals surface area contributed by atoms with Crippen LogP contribution in [-0.4, -0.2) is 25.0 Å². The van der Waals surface area contributed by atoms with E-state index in [1.54, 1.807) is 52.0 Å². The smallest absolute Gasteiger partial charge is 0.311 e. The first-order valence-electron chi connectivity index (χ1n) is 6.15. The summed E-state index contributed by atoms with van der Waals surface area (Å²) in [4.78, 5) is 23.9. The molecule has 0 spiro atoms. The van der Waals surface area contributed by atoms with Gasteiger partial charge in [0.15, 0.2) is 6.10 Å². The van der Waals surface area contributed by atoms with Crippen molar-refractivity contribution in [1.29, 1.82) is 0 Å². The fourth-order valence-electron chi connectivity index (χ4n) is 1.40. The lowest BCUT2D eigenvalue weighted by Gasteiger charge is -2.20. The van der Waals surface area contributed by atoms with Crippen molar-refractivity contribution in [3.8, 4) is 5.75 Å². The van der Waals surface area contributed by atoms with Crippen LogP contribution < -0.4 is 4.74 Å². The summed E-state index contributed by atoms with van der Waals surface area (Å²) in [6.45, 7) is 6.82. The van der Waals surface area contributed by atoms with Gasteiger partial charge in [-0.15, -0.1) is 0 Å². The summed E-state index contributed by atoms with van der Waals surface area (Å²) in [5.74, 6) is -0.0343. The Hall–Kier alpha value is -1.84. The van der Waals surface area contributed by atoms with Crippen LogP contribution >= 0.6 is 0 Å². The standard InChI is InChI=1S/C15H20O4/c1-10(19-14(17)15(2,3)4)13(16)11-7-6-8-12(9-11)18-5/h6-10H,1-5H3. The molecule has 0 fully saturated rings. The number of ketones is 1. The van der Waals surface area contributed by atoms with Crippen molar-refractivity contribution < 1.29 is 19.1 Å². The van der Waals surface area contributed by atoms with Crippen molar-refractivity contribution in [2.75, 3.05) is 7.11 Å². The minimum Gasteiger partial charge on any atom is -0.497 e. The predicted molar refractivity (Wildman–Crippen MR) is 72.3 cm³/mol. The van der Waals surface area contributed by atoms with Gasteiger partial charge in [0, 0.05) is 5.56 Å². The van der Waals surface area contributed by atoms with E-state index in [2.05, 4.69) is 0 Å². The minimum atomic E-state index is -0.807. The second-order valence-electron chi connectivity index (χ2n) is 5.39. The third-order valence-corrected chi connectivity index (χ3v) is 2.62. The molecule has 1 unspecified atom stereocenters. The Morgan fingerprint density at radius 1 is 1.21 bits per heavy atom. The maximum absolute atomic E-state index is 12.1. The highest BCUT2D eigenvalue weighted by Crippen LogP contribution is 2.19. The molecule has 0 aromatic heterocycles. The molecular weight excluding hydrogens is 244 g/mol. The van der Waals surface area contributed by atoms with Crippen LogP contribution in [0.4, 0.5) is 0 Å². The highest BCUT2D eigenvalue weighted by molar-refractivity contribution is 6.00. The van der Waals surface area contributed by atoms with E-state index in [1.165, 1.54) is 7.11 Å². The largest absolute Gasteiger partial charge is 0.497 e. The van der Waals surface area contributed by atoms with E-state index < -0.39 is 17.5 Å². The molecule has 0 bridgehead atoms. The third kappa shape index (κ3) is 4.09. The van der Waals surface area contributed by atoms with E-state index in [0.29, 0.717) is 11.3 Å². The summed E-state index contributed by atoms with van der Waals surface area (Å²) in [6.07, 6.45) is -0.807. The van der Waals surface area contributed by atoms with Gasteiger partial charge in [-0.2, -0.15) is 0 Å². The first-order valence-corrected chi connectivity index (χ1v) is 6.15. The molecular formula is C15H20O4. The summed E-state index contributed by atoms with van der Waals surface area (Å²) in [5, 5.41) is 0. The SMILES string of the molecule is COc1cccc(C(=O)C(C)OC(=O)C(C)(C)C)c1. The molecule has 1 rings (SSSR count). The Morgan fingerprint density at radius 2 is 1.84 bits per heavy atom. The summed E-state index contributed by atoms with van der Waals surface area (Å²) in [6, 6.07) is 6.78. The molecule has 4 heteroatoms. The number of Topliss-reactive ketones (excluding diaryl/α,β-unsaturated/α-hetero) is 1. The Bertz CT molecular complexity index is 471. The van der Waals surface area contributed by atoms with Gasteiger partial charge < -0.3 is 9.47 Å². The van der Waals surface area contributed by atoms with Crippen molar-refractivity contribution in [2.24, 2.45) is 5.41 Å². The van der Waals surface area contributed by atoms with E-state index in [4.69, 9.17) is 9.47 Å². The molecule has 1 aromatic carbocycles. The molecule has 0 amide bonds. The van der Waals surface area contributed by atoms with Gasteiger partial charge in [-0.3, -0.25) is 9.59 Å². The van der Waals surface area contributed by atoms with Crippen LogP contribution in [0.25, 0.3) is 0 Å². The Balaban J connectivity index is 2.79. The van der Waals surface area contributed by atoms with Crippen molar-refractivity contribution in [1.82, 2.24) is 0 Å². The lowest BCUT2D eigenvalue weighted by Crippen LogP contribution is -2.31. The second kappa shape index (κ2) is 5.87. The number of benzene rings is 1. The average molecular weight is 264 g/mol. The van der Waals surface area contributed by atoms with Gasteiger partial charge in [0.25, 0.3) is 0 Å². The Kier molecular flexibility index (Phi) is 4.70. The van der Waals surface area contributed by atoms with Gasteiger partial charge in [-0.25, -0.2) is 0 Å². The molecule has 0 radical (unpaired) electrons. The molecule has 0 aliphatic heterocycles. The van der Waals surface area contributed by atoms with Crippen LogP contribution in [-0.2, 0) is 9.53 Å². The van der Waals surface area contributed by atoms with Gasteiger partial charge in [-0.05, 0) is 39.8 Å². The summed E-state index contributed by atoms with van der Waals surface area (Å²) in [7, 11) is 1.53. The maximum Gasteiger partial charge on any atom is 0.311 e. The average Bonchev–Trinajstić information content (AvgIpc) is 2.36. The molecule has 4 nitrogen and oxygen atoms in total. The van der Waals surface area contributed by atoms with Gasteiger partial charge in [0.05, 0.1) is 12.5 Å². The summed E-state index contributed by atoms with van der Waals surface area (Å²) >= 11 is 0. The highest BCUT2D eigenvalue weighted by atomic mass is 16.5. The van der Waals surface area contributed by atoms with Crippen molar-refractivity contribution in [3.05, 3.63) is 29.8 Å². The topological polar surface area (TPSA) is 52.6 Å². The van der Waals surface area contributed by atoms with Crippen LogP contribution in [0.1, 0.15) is 38.1 Å². The molecule has 0 saturated heterocycles. The first kappa shape index (κ1) is 15.2.